The minimum atomic E-state index is -0.745. The van der Waals surface area contributed by atoms with E-state index in [1.165, 1.54) is 43.5 Å². The second kappa shape index (κ2) is 6.14. The molecule has 0 radical (unpaired) electrons. The van der Waals surface area contributed by atoms with Crippen LogP contribution < -0.4 is 4.74 Å². The van der Waals surface area contributed by atoms with Gasteiger partial charge in [0.2, 0.25) is 5.78 Å². The van der Waals surface area contributed by atoms with E-state index in [1.54, 1.807) is 0 Å². The molecule has 0 spiro atoms. The highest BCUT2D eigenvalue weighted by Gasteiger charge is 2.38. The minimum absolute atomic E-state index is 0.0214. The van der Waals surface area contributed by atoms with E-state index in [9.17, 15) is 24.8 Å². The van der Waals surface area contributed by atoms with Gasteiger partial charge in [-0.1, -0.05) is 22.0 Å². The van der Waals surface area contributed by atoms with Crippen LogP contribution in [0.15, 0.2) is 40.4 Å². The van der Waals surface area contributed by atoms with E-state index in [1.807, 2.05) is 0 Å². The molecule has 25 heavy (non-hydrogen) atoms. The first-order valence-electron chi connectivity index (χ1n) is 7.00. The molecular formula is C17H10BrNO6. The molecule has 0 amide bonds. The van der Waals surface area contributed by atoms with Gasteiger partial charge in [0, 0.05) is 21.7 Å². The molecule has 1 aliphatic rings. The summed E-state index contributed by atoms with van der Waals surface area (Å²) in [5.41, 5.74) is -0.745. The molecule has 0 atom stereocenters. The summed E-state index contributed by atoms with van der Waals surface area (Å²) in [5, 5.41) is 21.3. The lowest BCUT2D eigenvalue weighted by atomic mass is 10.1. The number of nitro groups is 1. The highest BCUT2D eigenvalue weighted by Crippen LogP contribution is 2.38. The fourth-order valence-corrected chi connectivity index (χ4v) is 3.10. The second-order valence-corrected chi connectivity index (χ2v) is 6.13. The Morgan fingerprint density at radius 3 is 2.60 bits per heavy atom. The van der Waals surface area contributed by atoms with Gasteiger partial charge < -0.3 is 9.84 Å². The number of halogens is 1. The lowest BCUT2D eigenvalue weighted by molar-refractivity contribution is -0.385. The maximum atomic E-state index is 12.6. The van der Waals surface area contributed by atoms with E-state index in [4.69, 9.17) is 4.74 Å². The fourth-order valence-electron chi connectivity index (χ4n) is 2.65. The Hall–Kier alpha value is -3.00. The van der Waals surface area contributed by atoms with Crippen molar-refractivity contribution in [1.29, 1.82) is 0 Å². The average molecular weight is 404 g/mol. The molecule has 0 saturated heterocycles. The number of phenols is 1. The second-order valence-electron chi connectivity index (χ2n) is 5.22. The van der Waals surface area contributed by atoms with E-state index in [-0.39, 0.29) is 33.8 Å². The van der Waals surface area contributed by atoms with Gasteiger partial charge in [-0.3, -0.25) is 19.7 Å². The van der Waals surface area contributed by atoms with E-state index in [0.29, 0.717) is 4.47 Å². The molecule has 0 saturated carbocycles. The molecule has 0 heterocycles. The van der Waals surface area contributed by atoms with Gasteiger partial charge in [0.05, 0.1) is 17.6 Å². The summed E-state index contributed by atoms with van der Waals surface area (Å²) < 4.78 is 5.59. The zero-order chi connectivity index (χ0) is 18.3. The maximum absolute atomic E-state index is 12.6. The number of ketones is 2. The molecule has 7 nitrogen and oxygen atoms in total. The normalized spacial score (nSPS) is 14.7. The molecule has 0 bridgehead atoms. The molecule has 1 N–H and O–H groups in total. The van der Waals surface area contributed by atoms with Crippen LogP contribution >= 0.6 is 15.9 Å². The number of rotatable bonds is 3. The van der Waals surface area contributed by atoms with Crippen molar-refractivity contribution in [3.05, 3.63) is 67.2 Å². The van der Waals surface area contributed by atoms with Crippen molar-refractivity contribution >= 4 is 39.3 Å². The molecular weight excluding hydrogens is 394 g/mol. The molecule has 0 aliphatic heterocycles. The Balaban J connectivity index is 2.18. The van der Waals surface area contributed by atoms with Crippen molar-refractivity contribution in [2.24, 2.45) is 0 Å². The summed E-state index contributed by atoms with van der Waals surface area (Å²) in [6.45, 7) is 0. The van der Waals surface area contributed by atoms with Crippen LogP contribution in [0.2, 0.25) is 0 Å². The number of fused-ring (bicyclic) bond motifs is 1. The predicted molar refractivity (Wildman–Crippen MR) is 92.1 cm³/mol. The first-order chi connectivity index (χ1) is 11.8. The number of carbonyl (C=O) groups is 2. The van der Waals surface area contributed by atoms with Gasteiger partial charge in [0.1, 0.15) is 5.56 Å². The first kappa shape index (κ1) is 16.8. The lowest BCUT2D eigenvalue weighted by Gasteiger charge is -2.07. The summed E-state index contributed by atoms with van der Waals surface area (Å²) >= 11 is 3.25. The Morgan fingerprint density at radius 1 is 1.24 bits per heavy atom. The van der Waals surface area contributed by atoms with Crippen LogP contribution in [0.1, 0.15) is 26.3 Å². The largest absolute Gasteiger partial charge is 0.504 e. The first-order valence-corrected chi connectivity index (χ1v) is 7.79. The van der Waals surface area contributed by atoms with E-state index in [0.717, 1.165) is 0 Å². The number of hydrogen-bond acceptors (Lipinski definition) is 6. The van der Waals surface area contributed by atoms with Gasteiger partial charge in [-0.2, -0.15) is 0 Å². The SMILES string of the molecule is COc1cc(Br)cc(C=C2C(=O)c3cccc([N+](=O)[O-])c3C2=O)c1O. The number of ether oxygens (including phenoxy) is 1. The van der Waals surface area contributed by atoms with Gasteiger partial charge in [-0.15, -0.1) is 0 Å². The van der Waals surface area contributed by atoms with Gasteiger partial charge >= 0.3 is 0 Å². The number of Topliss-reactive ketones (excluding diaryl/α,β-unsaturated/α-hetero) is 2. The van der Waals surface area contributed by atoms with E-state index >= 15 is 0 Å². The number of nitro benzene ring substituents is 1. The molecule has 0 fully saturated rings. The third-order valence-corrected chi connectivity index (χ3v) is 4.25. The lowest BCUT2D eigenvalue weighted by Crippen LogP contribution is -2.02. The van der Waals surface area contributed by atoms with Crippen molar-refractivity contribution in [3.63, 3.8) is 0 Å². The van der Waals surface area contributed by atoms with Crippen LogP contribution in [0.25, 0.3) is 6.08 Å². The maximum Gasteiger partial charge on any atom is 0.281 e. The van der Waals surface area contributed by atoms with Crippen LogP contribution in [-0.4, -0.2) is 28.7 Å². The topological polar surface area (TPSA) is 107 Å². The molecule has 0 unspecified atom stereocenters. The number of phenolic OH excluding ortho intramolecular Hbond substituents is 1. The molecule has 0 aromatic heterocycles. The number of aromatic hydroxyl groups is 1. The average Bonchev–Trinajstić information content (AvgIpc) is 2.82. The monoisotopic (exact) mass is 403 g/mol. The molecule has 1 aliphatic carbocycles. The van der Waals surface area contributed by atoms with Crippen LogP contribution in [0, 0.1) is 10.1 Å². The van der Waals surface area contributed by atoms with Gasteiger partial charge in [0.25, 0.3) is 5.69 Å². The number of methoxy groups -OCH3 is 1. The summed E-state index contributed by atoms with van der Waals surface area (Å²) in [4.78, 5) is 35.5. The van der Waals surface area contributed by atoms with Crippen molar-refractivity contribution in [2.75, 3.05) is 7.11 Å². The zero-order valence-corrected chi connectivity index (χ0v) is 14.4. The smallest absolute Gasteiger partial charge is 0.281 e. The van der Waals surface area contributed by atoms with Crippen LogP contribution in [0.4, 0.5) is 5.69 Å². The summed E-state index contributed by atoms with van der Waals surface area (Å²) in [6.07, 6.45) is 1.21. The molecule has 2 aromatic rings. The van der Waals surface area contributed by atoms with Gasteiger partial charge in [0.15, 0.2) is 17.3 Å². The molecule has 2 aromatic carbocycles. The number of nitrogens with zero attached hydrogens (tertiary/aromatic N) is 1. The summed E-state index contributed by atoms with van der Waals surface area (Å²) in [5.74, 6) is -1.46. The molecule has 8 heteroatoms. The molecule has 3 rings (SSSR count). The predicted octanol–water partition coefficient (Wildman–Crippen LogP) is 3.53. The Bertz CT molecular complexity index is 979. The quantitative estimate of drug-likeness (QED) is 0.363. The van der Waals surface area contributed by atoms with E-state index in [2.05, 4.69) is 15.9 Å². The third-order valence-electron chi connectivity index (χ3n) is 3.79. The van der Waals surface area contributed by atoms with Crippen LogP contribution in [0.3, 0.4) is 0 Å². The zero-order valence-electron chi connectivity index (χ0n) is 12.8. The van der Waals surface area contributed by atoms with Gasteiger partial charge in [-0.05, 0) is 24.3 Å². The van der Waals surface area contributed by atoms with Crippen molar-refractivity contribution in [1.82, 2.24) is 0 Å². The Morgan fingerprint density at radius 2 is 1.96 bits per heavy atom. The highest BCUT2D eigenvalue weighted by molar-refractivity contribution is 9.10. The summed E-state index contributed by atoms with van der Waals surface area (Å²) in [7, 11) is 1.36. The fraction of sp³-hybridized carbons (Fsp3) is 0.0588. The Kier molecular flexibility index (Phi) is 4.13. The number of hydrogen-bond donors (Lipinski definition) is 1. The van der Waals surface area contributed by atoms with Crippen molar-refractivity contribution in [3.8, 4) is 11.5 Å². The minimum Gasteiger partial charge on any atom is -0.504 e. The third kappa shape index (κ3) is 2.70. The Labute approximate surface area is 149 Å². The van der Waals surface area contributed by atoms with Crippen LogP contribution in [-0.2, 0) is 0 Å². The number of allylic oxidation sites excluding steroid dienone is 1. The van der Waals surface area contributed by atoms with Crippen molar-refractivity contribution in [2.45, 2.75) is 0 Å². The highest BCUT2D eigenvalue weighted by atomic mass is 79.9. The molecule has 126 valence electrons. The van der Waals surface area contributed by atoms with Crippen molar-refractivity contribution < 1.29 is 24.4 Å². The van der Waals surface area contributed by atoms with Crippen LogP contribution in [0.5, 0.6) is 11.5 Å². The summed E-state index contributed by atoms with van der Waals surface area (Å²) in [6, 6.07) is 6.92. The van der Waals surface area contributed by atoms with Gasteiger partial charge in [-0.25, -0.2) is 0 Å². The number of benzene rings is 2. The number of carbonyl (C=O) groups excluding carboxylic acids is 2. The standard InChI is InChI=1S/C17H10BrNO6/c1-25-13-7-9(18)5-8(15(13)20)6-11-16(21)10-3-2-4-12(19(23)24)14(10)17(11)22/h2-7,20H,1H3. The van der Waals surface area contributed by atoms with E-state index < -0.39 is 22.2 Å².